The number of benzene rings is 4. The first kappa shape index (κ1) is 34.9. The van der Waals surface area contributed by atoms with Crippen LogP contribution >= 0.6 is 0 Å². The van der Waals surface area contributed by atoms with Crippen molar-refractivity contribution in [3.8, 4) is 33.6 Å². The molecule has 0 saturated heterocycles. The average molecular weight is 879 g/mol. The molecule has 1 aliphatic rings. The van der Waals surface area contributed by atoms with Crippen molar-refractivity contribution in [2.24, 2.45) is 0 Å². The number of hydrogen-bond acceptors (Lipinski definition) is 3. The molecule has 267 valence electrons. The Morgan fingerprint density at radius 3 is 2.19 bits per heavy atom. The molecule has 4 aromatic carbocycles. The molecule has 3 nitrogen and oxygen atoms in total. The van der Waals surface area contributed by atoms with Gasteiger partial charge in [0, 0.05) is 35.2 Å². The summed E-state index contributed by atoms with van der Waals surface area (Å²) in [6.45, 7) is 14.8. The van der Waals surface area contributed by atoms with Crippen molar-refractivity contribution in [1.82, 2.24) is 9.97 Å². The quantitative estimate of drug-likeness (QED) is 0.123. The molecule has 7 aromatic rings. The van der Waals surface area contributed by atoms with E-state index in [2.05, 4.69) is 79.4 Å². The number of hydrogen-bond donors (Lipinski definition) is 0. The summed E-state index contributed by atoms with van der Waals surface area (Å²) in [5.74, 6) is -1.53. The number of pyridine rings is 2. The first-order chi connectivity index (χ1) is 25.2. The van der Waals surface area contributed by atoms with Gasteiger partial charge in [0.1, 0.15) is 5.58 Å². The second-order valence-electron chi connectivity index (χ2n) is 15.1. The Balaban J connectivity index is 0.000000203. The molecule has 8 rings (SSSR count). The molecule has 52 heavy (non-hydrogen) atoms. The third kappa shape index (κ3) is 7.78. The van der Waals surface area contributed by atoms with Gasteiger partial charge in [0.25, 0.3) is 0 Å². The zero-order valence-electron chi connectivity index (χ0n) is 33.3. The van der Waals surface area contributed by atoms with Gasteiger partial charge in [0.05, 0.1) is 13.7 Å². The molecular weight excluding hydrogens is 829 g/mol. The van der Waals surface area contributed by atoms with Gasteiger partial charge >= 0.3 is 0 Å². The van der Waals surface area contributed by atoms with Gasteiger partial charge in [-0.3, -0.25) is 0 Å². The summed E-state index contributed by atoms with van der Waals surface area (Å²) in [6, 6.07) is 37.1. The summed E-state index contributed by atoms with van der Waals surface area (Å²) in [5, 5.41) is 3.51. The van der Waals surface area contributed by atoms with E-state index < -0.39 is 19.9 Å². The van der Waals surface area contributed by atoms with Gasteiger partial charge in [0.15, 0.2) is 0 Å². The molecular formula is C47H48IrN2OSi-2. The van der Waals surface area contributed by atoms with E-state index in [4.69, 9.17) is 12.1 Å². The standard InChI is InChI=1S/C29H26NO.C18H22NSi.Ir/c1-18(2)21-12-13-30-27(16-21)22-10-11-24-26-15-23(20-8-6-5-7-9-20)14-25(19(3)4)29(26)31-28(24)17-22;1-20(2,3)17-13-19-18(14-9-5-4-6-10-14)16-12-8-7-11-15(16)17;/h5-9,11-19H,1-4H3;4-6,9,13H,7-8,11-12H2,1-3H3;/q2*-1;/i18D,19D;;. The molecule has 0 aliphatic heterocycles. The second kappa shape index (κ2) is 15.8. The monoisotopic (exact) mass is 879 g/mol. The van der Waals surface area contributed by atoms with E-state index >= 15 is 0 Å². The molecule has 0 atom stereocenters. The molecule has 5 heteroatoms. The Bertz CT molecular complexity index is 2410. The van der Waals surface area contributed by atoms with Crippen LogP contribution in [0.4, 0.5) is 0 Å². The molecule has 0 unspecified atom stereocenters. The SMILES string of the molecule is C[Si](C)(C)c1cnc(-c2[c-]cccc2)c2c1CCCC2.[2H]C(C)(C)c1ccnc(-c2[c-]cc3c(c2)oc2c(C([2H])(C)C)cc(-c4ccccc4)cc23)c1.[Ir]. The van der Waals surface area contributed by atoms with Crippen molar-refractivity contribution in [2.45, 2.75) is 84.8 Å². The van der Waals surface area contributed by atoms with Crippen molar-refractivity contribution >= 4 is 35.2 Å². The van der Waals surface area contributed by atoms with E-state index in [1.807, 2.05) is 82.3 Å². The average Bonchev–Trinajstić information content (AvgIpc) is 3.51. The molecule has 0 saturated carbocycles. The maximum Gasteiger partial charge on any atom is 0.127 e. The molecule has 0 N–H and O–H groups in total. The van der Waals surface area contributed by atoms with Crippen LogP contribution in [0.2, 0.25) is 19.6 Å². The second-order valence-corrected chi connectivity index (χ2v) is 20.2. The van der Waals surface area contributed by atoms with Gasteiger partial charge in [-0.1, -0.05) is 118 Å². The van der Waals surface area contributed by atoms with Crippen LogP contribution in [0.25, 0.3) is 55.6 Å². The molecule has 0 amide bonds. The zero-order chi connectivity index (χ0) is 37.5. The number of rotatable bonds is 6. The van der Waals surface area contributed by atoms with Gasteiger partial charge in [-0.2, -0.15) is 0 Å². The first-order valence-corrected chi connectivity index (χ1v) is 21.6. The van der Waals surface area contributed by atoms with Gasteiger partial charge in [0.2, 0.25) is 0 Å². The van der Waals surface area contributed by atoms with E-state index in [0.29, 0.717) is 0 Å². The van der Waals surface area contributed by atoms with E-state index in [-0.39, 0.29) is 20.1 Å². The zero-order valence-corrected chi connectivity index (χ0v) is 34.7. The Morgan fingerprint density at radius 1 is 0.750 bits per heavy atom. The number of aromatic nitrogens is 2. The maximum absolute atomic E-state index is 8.75. The van der Waals surface area contributed by atoms with E-state index in [9.17, 15) is 0 Å². The molecule has 0 spiro atoms. The topological polar surface area (TPSA) is 38.9 Å². The van der Waals surface area contributed by atoms with Crippen LogP contribution in [0.15, 0.2) is 108 Å². The third-order valence-electron chi connectivity index (χ3n) is 9.94. The predicted octanol–water partition coefficient (Wildman–Crippen LogP) is 12.3. The van der Waals surface area contributed by atoms with Gasteiger partial charge in [-0.25, -0.2) is 0 Å². The molecule has 1 radical (unpaired) electrons. The van der Waals surface area contributed by atoms with Gasteiger partial charge < -0.3 is 14.4 Å². The molecule has 1 aliphatic carbocycles. The van der Waals surface area contributed by atoms with Crippen LogP contribution < -0.4 is 5.19 Å². The molecule has 0 fully saturated rings. The van der Waals surface area contributed by atoms with Crippen LogP contribution in [0.1, 0.15) is 77.3 Å². The van der Waals surface area contributed by atoms with Crippen LogP contribution in [0.3, 0.4) is 0 Å². The fourth-order valence-electron chi connectivity index (χ4n) is 7.19. The first-order valence-electron chi connectivity index (χ1n) is 19.1. The summed E-state index contributed by atoms with van der Waals surface area (Å²) < 4.78 is 23.4. The summed E-state index contributed by atoms with van der Waals surface area (Å²) in [7, 11) is -1.31. The van der Waals surface area contributed by atoms with Gasteiger partial charge in [-0.05, 0) is 88.3 Å². The summed E-state index contributed by atoms with van der Waals surface area (Å²) in [6.07, 6.45) is 8.93. The molecule has 3 aromatic heterocycles. The van der Waals surface area contributed by atoms with Crippen LogP contribution in [-0.4, -0.2) is 18.0 Å². The Hall–Kier alpha value is -4.15. The van der Waals surface area contributed by atoms with E-state index in [1.165, 1.54) is 36.9 Å². The van der Waals surface area contributed by atoms with Crippen LogP contribution in [-0.2, 0) is 32.9 Å². The number of fused-ring (bicyclic) bond motifs is 4. The Morgan fingerprint density at radius 2 is 1.50 bits per heavy atom. The van der Waals surface area contributed by atoms with Crippen molar-refractivity contribution in [3.05, 3.63) is 138 Å². The minimum atomic E-state index is -1.31. The molecule has 0 bridgehead atoms. The summed E-state index contributed by atoms with van der Waals surface area (Å²) in [5.41, 5.74) is 12.4. The van der Waals surface area contributed by atoms with Crippen molar-refractivity contribution in [3.63, 3.8) is 0 Å². The largest absolute Gasteiger partial charge is 0.476 e. The molecule has 3 heterocycles. The maximum atomic E-state index is 8.75. The summed E-state index contributed by atoms with van der Waals surface area (Å²) in [4.78, 5) is 9.34. The smallest absolute Gasteiger partial charge is 0.127 e. The van der Waals surface area contributed by atoms with Crippen LogP contribution in [0.5, 0.6) is 0 Å². The summed E-state index contributed by atoms with van der Waals surface area (Å²) >= 11 is 0. The third-order valence-corrected chi connectivity index (χ3v) is 12.0. The van der Waals surface area contributed by atoms with Crippen molar-refractivity contribution in [1.29, 1.82) is 0 Å². The fraction of sp³-hybridized carbons (Fsp3) is 0.277. The van der Waals surface area contributed by atoms with Crippen LogP contribution in [0, 0.1) is 12.1 Å². The van der Waals surface area contributed by atoms with E-state index in [1.54, 1.807) is 16.9 Å². The minimum Gasteiger partial charge on any atom is -0.476 e. The van der Waals surface area contributed by atoms with Crippen molar-refractivity contribution in [2.75, 3.05) is 0 Å². The number of furan rings is 1. The fourth-order valence-corrected chi connectivity index (χ4v) is 8.82. The van der Waals surface area contributed by atoms with Gasteiger partial charge in [-0.15, -0.1) is 53.6 Å². The number of nitrogens with zero attached hydrogens (tertiary/aromatic N) is 2. The van der Waals surface area contributed by atoms with E-state index in [0.717, 1.165) is 61.0 Å². The normalized spacial score (nSPS) is 13.8. The minimum absolute atomic E-state index is 0. The Labute approximate surface area is 327 Å². The Kier molecular flexibility index (Phi) is 10.6. The predicted molar refractivity (Wildman–Crippen MR) is 218 cm³/mol. The van der Waals surface area contributed by atoms with Crippen molar-refractivity contribution < 1.29 is 27.3 Å².